The number of amides is 2. The Labute approximate surface area is 247 Å². The smallest absolute Gasteiger partial charge is 0.409 e. The molecule has 0 atom stereocenters. The number of piperazine rings is 1. The number of benzene rings is 1. The first kappa shape index (κ1) is 27.9. The van der Waals surface area contributed by atoms with Crippen LogP contribution in [0.1, 0.15) is 27.5 Å². The van der Waals surface area contributed by atoms with E-state index in [4.69, 9.17) is 28.3 Å². The van der Waals surface area contributed by atoms with Gasteiger partial charge in [0.25, 0.3) is 5.91 Å². The number of nitrogens with one attached hydrogen (secondary N) is 1. The number of hydrogen-bond donors (Lipinski definition) is 1. The molecule has 15 heteroatoms. The third-order valence-corrected chi connectivity index (χ3v) is 7.88. The van der Waals surface area contributed by atoms with Gasteiger partial charge in [0.1, 0.15) is 0 Å². The van der Waals surface area contributed by atoms with Gasteiger partial charge in [-0.1, -0.05) is 11.3 Å². The highest BCUT2D eigenvalue weighted by Crippen LogP contribution is 2.27. The normalized spacial score (nSPS) is 16.4. The van der Waals surface area contributed by atoms with E-state index >= 15 is 0 Å². The van der Waals surface area contributed by atoms with Gasteiger partial charge in [-0.25, -0.2) is 9.31 Å². The zero-order valence-electron chi connectivity index (χ0n) is 23.5. The summed E-state index contributed by atoms with van der Waals surface area (Å²) in [6, 6.07) is 9.55. The van der Waals surface area contributed by atoms with E-state index < -0.39 is 5.24 Å². The van der Waals surface area contributed by atoms with Gasteiger partial charge in [-0.15, -0.1) is 0 Å². The maximum atomic E-state index is 13.5. The number of hydrogen-bond acceptors (Lipinski definition) is 8. The van der Waals surface area contributed by atoms with Crippen molar-refractivity contribution in [3.63, 3.8) is 0 Å². The molecule has 0 aliphatic carbocycles. The van der Waals surface area contributed by atoms with Crippen LogP contribution in [0.25, 0.3) is 11.2 Å². The molecular weight excluding hydrogens is 531 g/mol. The van der Waals surface area contributed by atoms with E-state index in [0.717, 1.165) is 16.9 Å². The number of ether oxygens (including phenoxy) is 1. The average molecular weight is 559 g/mol. The monoisotopic (exact) mass is 559 g/mol. The molecule has 1 aromatic carbocycles. The summed E-state index contributed by atoms with van der Waals surface area (Å²) in [5.74, 6) is -0.180. The molecule has 4 aromatic rings. The van der Waals surface area contributed by atoms with Gasteiger partial charge in [0.2, 0.25) is 0 Å². The highest BCUT2D eigenvalue weighted by atomic mass is 16.5. The highest BCUT2D eigenvalue weighted by Gasteiger charge is 2.34. The second-order valence-electron chi connectivity index (χ2n) is 10.7. The van der Waals surface area contributed by atoms with Crippen LogP contribution in [0.5, 0.6) is 0 Å². The maximum Gasteiger partial charge on any atom is 0.409 e. The molecule has 2 aliphatic rings. The quantitative estimate of drug-likeness (QED) is 0.347. The topological polar surface area (TPSA) is 113 Å². The number of rotatable bonds is 6. The Morgan fingerprint density at radius 2 is 1.76 bits per heavy atom. The van der Waals surface area contributed by atoms with Gasteiger partial charge in [-0.05, 0) is 36.8 Å². The van der Waals surface area contributed by atoms with Crippen LogP contribution in [0, 0.1) is 6.92 Å². The summed E-state index contributed by atoms with van der Waals surface area (Å²) in [6.45, 7) is 5.62. The van der Waals surface area contributed by atoms with E-state index in [2.05, 4.69) is 25.5 Å². The zero-order valence-corrected chi connectivity index (χ0v) is 23.5. The van der Waals surface area contributed by atoms with Crippen LogP contribution in [0.2, 0.25) is 0 Å². The van der Waals surface area contributed by atoms with Crippen LogP contribution >= 0.6 is 0 Å². The standard InChI is InChI=1S/C27H28B3N9O3/c1-17-3-4-20(39-32-14-23(34-39)18-15-36(16-18)26(41)42-2)11-22(17)33-25(40)21-13-31-38-6-5-19(12-24(21)38)35-7-9-37(10-8-35)27(28,29)30/h3-6,11-14,18H,7-10,15-16H2,1-2H3,(H,33,40). The van der Waals surface area contributed by atoms with E-state index in [1.54, 1.807) is 21.8 Å². The number of nitrogens with zero attached hydrogens (tertiary/aromatic N) is 8. The molecule has 0 saturated carbocycles. The van der Waals surface area contributed by atoms with Crippen molar-refractivity contribution in [3.8, 4) is 5.69 Å². The molecule has 42 heavy (non-hydrogen) atoms. The van der Waals surface area contributed by atoms with Crippen molar-refractivity contribution in [1.82, 2.24) is 34.4 Å². The Bertz CT molecular complexity index is 1640. The molecule has 2 fully saturated rings. The van der Waals surface area contributed by atoms with E-state index in [9.17, 15) is 9.59 Å². The van der Waals surface area contributed by atoms with E-state index in [-0.39, 0.29) is 17.9 Å². The largest absolute Gasteiger partial charge is 0.453 e. The van der Waals surface area contributed by atoms with Crippen molar-refractivity contribution in [2.24, 2.45) is 0 Å². The summed E-state index contributed by atoms with van der Waals surface area (Å²) in [4.78, 5) is 32.3. The molecule has 2 aliphatic heterocycles. The predicted molar refractivity (Wildman–Crippen MR) is 160 cm³/mol. The number of carbonyl (C=O) groups is 2. The minimum atomic E-state index is -1.35. The summed E-state index contributed by atoms with van der Waals surface area (Å²) < 4.78 is 6.44. The van der Waals surface area contributed by atoms with Crippen molar-refractivity contribution >= 4 is 52.4 Å². The van der Waals surface area contributed by atoms with Crippen LogP contribution in [-0.2, 0) is 4.74 Å². The molecule has 0 unspecified atom stereocenters. The molecule has 6 rings (SSSR count). The molecule has 1 N–H and O–H groups in total. The minimum Gasteiger partial charge on any atom is -0.453 e. The number of methoxy groups -OCH3 is 1. The average Bonchev–Trinajstić information content (AvgIpc) is 3.60. The molecule has 0 bridgehead atoms. The molecule has 6 radical (unpaired) electrons. The number of fused-ring (bicyclic) bond motifs is 1. The Kier molecular flexibility index (Phi) is 7.21. The number of aryl methyl sites for hydroxylation is 1. The first-order chi connectivity index (χ1) is 20.1. The fraction of sp³-hybridized carbons (Fsp3) is 0.370. The van der Waals surface area contributed by atoms with Crippen LogP contribution in [0.4, 0.5) is 16.2 Å². The summed E-state index contributed by atoms with van der Waals surface area (Å²) >= 11 is 0. The molecule has 2 saturated heterocycles. The van der Waals surface area contributed by atoms with Crippen LogP contribution < -0.4 is 10.2 Å². The van der Waals surface area contributed by atoms with Crippen molar-refractivity contribution < 1.29 is 14.3 Å². The number of anilines is 2. The molecular formula is C27H28B3N9O3. The summed E-state index contributed by atoms with van der Waals surface area (Å²) in [5, 5.41) is 15.1. The van der Waals surface area contributed by atoms with Gasteiger partial charge in [-0.2, -0.15) is 20.1 Å². The Morgan fingerprint density at radius 1 is 1.00 bits per heavy atom. The maximum absolute atomic E-state index is 13.5. The van der Waals surface area contributed by atoms with Gasteiger partial charge in [0, 0.05) is 62.8 Å². The molecule has 5 heterocycles. The lowest BCUT2D eigenvalue weighted by Gasteiger charge is -2.44. The van der Waals surface area contributed by atoms with Gasteiger partial charge >= 0.3 is 6.09 Å². The van der Waals surface area contributed by atoms with Gasteiger partial charge in [0.15, 0.2) is 0 Å². The molecule has 12 nitrogen and oxygen atoms in total. The summed E-state index contributed by atoms with van der Waals surface area (Å²) in [7, 11) is 18.9. The SMILES string of the molecule is [B]C([B])([B])N1CCN(c2ccn3ncc(C(=O)Nc4cc(-n5ncc(C6CN(C(=O)OC)C6)n5)ccc4C)c3c2)CC1. The van der Waals surface area contributed by atoms with Crippen LogP contribution in [-0.4, -0.2) is 122 Å². The van der Waals surface area contributed by atoms with E-state index in [0.29, 0.717) is 61.7 Å². The molecule has 2 amide bonds. The van der Waals surface area contributed by atoms with Crippen molar-refractivity contribution in [3.05, 3.63) is 65.7 Å². The first-order valence-corrected chi connectivity index (χ1v) is 13.6. The van der Waals surface area contributed by atoms with E-state index in [1.165, 1.54) is 11.9 Å². The van der Waals surface area contributed by atoms with Crippen molar-refractivity contribution in [2.45, 2.75) is 18.1 Å². The lowest BCUT2D eigenvalue weighted by molar-refractivity contribution is 0.0871. The fourth-order valence-electron chi connectivity index (χ4n) is 5.28. The van der Waals surface area contributed by atoms with E-state index in [1.807, 2.05) is 48.4 Å². The third-order valence-electron chi connectivity index (χ3n) is 7.88. The van der Waals surface area contributed by atoms with Gasteiger partial charge in [-0.3, -0.25) is 4.79 Å². The molecule has 0 spiro atoms. The number of aromatic nitrogens is 5. The van der Waals surface area contributed by atoms with Crippen LogP contribution in [0.15, 0.2) is 48.9 Å². The number of likely N-dealkylation sites (tertiary alicyclic amines) is 1. The number of pyridine rings is 1. The predicted octanol–water partition coefficient (Wildman–Crippen LogP) is 0.880. The van der Waals surface area contributed by atoms with Crippen LogP contribution in [0.3, 0.4) is 0 Å². The second-order valence-corrected chi connectivity index (χ2v) is 10.7. The Hall–Kier alpha value is -4.26. The minimum absolute atomic E-state index is 0.0994. The summed E-state index contributed by atoms with van der Waals surface area (Å²) in [5.41, 5.74) is 5.11. The first-order valence-electron chi connectivity index (χ1n) is 13.6. The van der Waals surface area contributed by atoms with Crippen molar-refractivity contribution in [2.75, 3.05) is 56.6 Å². The summed E-state index contributed by atoms with van der Waals surface area (Å²) in [6.07, 6.45) is 4.76. The zero-order chi connectivity index (χ0) is 29.6. The van der Waals surface area contributed by atoms with Gasteiger partial charge < -0.3 is 24.8 Å². The highest BCUT2D eigenvalue weighted by molar-refractivity contribution is 6.59. The fourth-order valence-corrected chi connectivity index (χ4v) is 5.28. The third kappa shape index (κ3) is 5.36. The number of carbonyl (C=O) groups excluding carboxylic acids is 2. The second kappa shape index (κ2) is 10.9. The molecule has 208 valence electrons. The lowest BCUT2D eigenvalue weighted by atomic mass is 9.48. The van der Waals surface area contributed by atoms with Crippen molar-refractivity contribution in [1.29, 1.82) is 0 Å². The lowest BCUT2D eigenvalue weighted by Crippen LogP contribution is -2.58. The Balaban J connectivity index is 1.17. The Morgan fingerprint density at radius 3 is 2.48 bits per heavy atom. The molecule has 3 aromatic heterocycles. The van der Waals surface area contributed by atoms with Gasteiger partial charge in [0.05, 0.1) is 65.5 Å².